The van der Waals surface area contributed by atoms with Crippen LogP contribution in [0.5, 0.6) is 0 Å². The molecule has 1 spiro atoms. The van der Waals surface area contributed by atoms with Gasteiger partial charge in [-0.1, -0.05) is 30.3 Å². The molecule has 2 aliphatic carbocycles. The van der Waals surface area contributed by atoms with Crippen molar-refractivity contribution in [2.45, 2.75) is 43.7 Å². The maximum absolute atomic E-state index is 3.98. The lowest BCUT2D eigenvalue weighted by atomic mass is 9.80. The molecule has 96 valence electrons. The summed E-state index contributed by atoms with van der Waals surface area (Å²) in [6.07, 6.45) is 6.81. The van der Waals surface area contributed by atoms with Crippen LogP contribution in [0.3, 0.4) is 0 Å². The molecule has 2 heteroatoms. The first-order chi connectivity index (χ1) is 8.80. The van der Waals surface area contributed by atoms with Crippen LogP contribution >= 0.6 is 0 Å². The van der Waals surface area contributed by atoms with Gasteiger partial charge in [-0.3, -0.25) is 0 Å². The van der Waals surface area contributed by atoms with E-state index in [1.54, 1.807) is 0 Å². The molecule has 1 aromatic carbocycles. The van der Waals surface area contributed by atoms with E-state index in [-0.39, 0.29) is 0 Å². The maximum atomic E-state index is 3.98. The summed E-state index contributed by atoms with van der Waals surface area (Å²) < 4.78 is 0. The summed E-state index contributed by atoms with van der Waals surface area (Å²) in [5.74, 6) is 0. The van der Waals surface area contributed by atoms with Crippen LogP contribution in [0.25, 0.3) is 0 Å². The second kappa shape index (κ2) is 3.82. The first-order valence-corrected chi connectivity index (χ1v) is 7.34. The summed E-state index contributed by atoms with van der Waals surface area (Å²) in [6.45, 7) is 2.51. The Labute approximate surface area is 109 Å². The van der Waals surface area contributed by atoms with E-state index >= 15 is 0 Å². The SMILES string of the molecule is c1ccc(C2(NC3CCC4(CNC4)C3)CC2)cc1. The topological polar surface area (TPSA) is 24.1 Å². The molecule has 3 fully saturated rings. The van der Waals surface area contributed by atoms with Crippen molar-refractivity contribution < 1.29 is 0 Å². The van der Waals surface area contributed by atoms with Gasteiger partial charge < -0.3 is 10.6 Å². The Balaban J connectivity index is 1.46. The van der Waals surface area contributed by atoms with Crippen LogP contribution in [0.15, 0.2) is 30.3 Å². The van der Waals surface area contributed by atoms with Crippen molar-refractivity contribution >= 4 is 0 Å². The first-order valence-electron chi connectivity index (χ1n) is 7.34. The van der Waals surface area contributed by atoms with Crippen molar-refractivity contribution in [3.8, 4) is 0 Å². The molecule has 1 aromatic rings. The zero-order valence-corrected chi connectivity index (χ0v) is 10.9. The number of hydrogen-bond donors (Lipinski definition) is 2. The normalized spacial score (nSPS) is 31.2. The van der Waals surface area contributed by atoms with E-state index in [2.05, 4.69) is 41.0 Å². The summed E-state index contributed by atoms with van der Waals surface area (Å²) in [4.78, 5) is 0. The maximum Gasteiger partial charge on any atom is 0.0438 e. The molecule has 1 aliphatic heterocycles. The molecule has 4 rings (SSSR count). The summed E-state index contributed by atoms with van der Waals surface area (Å²) >= 11 is 0. The molecule has 2 saturated carbocycles. The smallest absolute Gasteiger partial charge is 0.0438 e. The highest BCUT2D eigenvalue weighted by Gasteiger charge is 2.49. The van der Waals surface area contributed by atoms with Crippen LogP contribution < -0.4 is 10.6 Å². The predicted molar refractivity (Wildman–Crippen MR) is 73.4 cm³/mol. The van der Waals surface area contributed by atoms with E-state index in [9.17, 15) is 0 Å². The van der Waals surface area contributed by atoms with Gasteiger partial charge in [-0.05, 0) is 43.1 Å². The monoisotopic (exact) mass is 242 g/mol. The van der Waals surface area contributed by atoms with Gasteiger partial charge >= 0.3 is 0 Å². The Bertz CT molecular complexity index is 432. The Morgan fingerprint density at radius 3 is 2.39 bits per heavy atom. The van der Waals surface area contributed by atoms with Crippen molar-refractivity contribution in [3.63, 3.8) is 0 Å². The molecule has 2 N–H and O–H groups in total. The Morgan fingerprint density at radius 2 is 1.83 bits per heavy atom. The Morgan fingerprint density at radius 1 is 1.06 bits per heavy atom. The zero-order valence-electron chi connectivity index (χ0n) is 10.9. The molecule has 2 nitrogen and oxygen atoms in total. The summed E-state index contributed by atoms with van der Waals surface area (Å²) in [7, 11) is 0. The van der Waals surface area contributed by atoms with E-state index in [4.69, 9.17) is 0 Å². The van der Waals surface area contributed by atoms with Gasteiger partial charge in [0.25, 0.3) is 0 Å². The lowest BCUT2D eigenvalue weighted by Gasteiger charge is -2.39. The van der Waals surface area contributed by atoms with Crippen molar-refractivity contribution in [1.29, 1.82) is 0 Å². The first kappa shape index (κ1) is 11.0. The van der Waals surface area contributed by atoms with E-state index in [0.717, 1.165) is 6.04 Å². The average molecular weight is 242 g/mol. The van der Waals surface area contributed by atoms with Crippen LogP contribution in [0, 0.1) is 5.41 Å². The van der Waals surface area contributed by atoms with Crippen molar-refractivity contribution in [2.75, 3.05) is 13.1 Å². The third-order valence-electron chi connectivity index (χ3n) is 5.26. The summed E-state index contributed by atoms with van der Waals surface area (Å²) in [5, 5.41) is 7.43. The molecule has 18 heavy (non-hydrogen) atoms. The zero-order chi connectivity index (χ0) is 12.1. The van der Waals surface area contributed by atoms with Crippen molar-refractivity contribution in [1.82, 2.24) is 10.6 Å². The molecule has 0 amide bonds. The van der Waals surface area contributed by atoms with Crippen molar-refractivity contribution in [2.24, 2.45) is 5.41 Å². The standard InChI is InChI=1S/C16H22N2/c1-2-4-13(5-3-1)16(8-9-16)18-14-6-7-15(10-14)11-17-12-15/h1-5,14,17-18H,6-12H2. The lowest BCUT2D eigenvalue weighted by molar-refractivity contribution is 0.171. The molecular formula is C16H22N2. The van der Waals surface area contributed by atoms with Crippen molar-refractivity contribution in [3.05, 3.63) is 35.9 Å². The minimum Gasteiger partial charge on any atom is -0.316 e. The molecular weight excluding hydrogens is 220 g/mol. The second-order valence-corrected chi connectivity index (χ2v) is 6.64. The second-order valence-electron chi connectivity index (χ2n) is 6.64. The molecule has 0 radical (unpaired) electrons. The third kappa shape index (κ3) is 1.70. The molecule has 1 heterocycles. The highest BCUT2D eigenvalue weighted by molar-refractivity contribution is 5.30. The van der Waals surface area contributed by atoms with E-state index < -0.39 is 0 Å². The predicted octanol–water partition coefficient (Wildman–Crippen LogP) is 2.41. The van der Waals surface area contributed by atoms with E-state index in [1.807, 2.05) is 0 Å². The highest BCUT2D eigenvalue weighted by atomic mass is 15.1. The molecule has 1 saturated heterocycles. The molecule has 1 atom stereocenters. The summed E-state index contributed by atoms with van der Waals surface area (Å²) in [6, 6.07) is 11.8. The van der Waals surface area contributed by atoms with Gasteiger partial charge in [0, 0.05) is 24.7 Å². The van der Waals surface area contributed by atoms with Gasteiger partial charge in [0.2, 0.25) is 0 Å². The van der Waals surface area contributed by atoms with Gasteiger partial charge in [-0.25, -0.2) is 0 Å². The number of hydrogen-bond acceptors (Lipinski definition) is 2. The minimum absolute atomic E-state index is 0.328. The van der Waals surface area contributed by atoms with Crippen LogP contribution in [-0.2, 0) is 5.54 Å². The number of rotatable bonds is 3. The lowest BCUT2D eigenvalue weighted by Crippen LogP contribution is -2.52. The average Bonchev–Trinajstić information content (AvgIpc) is 3.01. The molecule has 0 bridgehead atoms. The van der Waals surface area contributed by atoms with Crippen LogP contribution in [0.2, 0.25) is 0 Å². The van der Waals surface area contributed by atoms with Crippen LogP contribution in [0.4, 0.5) is 0 Å². The van der Waals surface area contributed by atoms with Gasteiger partial charge in [0.05, 0.1) is 0 Å². The van der Waals surface area contributed by atoms with E-state index in [1.165, 1.54) is 50.8 Å². The molecule has 3 aliphatic rings. The van der Waals surface area contributed by atoms with Gasteiger partial charge in [-0.2, -0.15) is 0 Å². The largest absolute Gasteiger partial charge is 0.316 e. The van der Waals surface area contributed by atoms with E-state index in [0.29, 0.717) is 11.0 Å². The Kier molecular flexibility index (Phi) is 2.33. The van der Waals surface area contributed by atoms with Gasteiger partial charge in [0.1, 0.15) is 0 Å². The Hall–Kier alpha value is -0.860. The molecule has 1 unspecified atom stereocenters. The minimum atomic E-state index is 0.328. The summed E-state index contributed by atoms with van der Waals surface area (Å²) in [5.41, 5.74) is 2.48. The fourth-order valence-electron chi connectivity index (χ4n) is 3.92. The third-order valence-corrected chi connectivity index (χ3v) is 5.26. The number of nitrogens with one attached hydrogen (secondary N) is 2. The van der Waals surface area contributed by atoms with Gasteiger partial charge in [0.15, 0.2) is 0 Å². The number of benzene rings is 1. The highest BCUT2D eigenvalue weighted by Crippen LogP contribution is 2.49. The molecule has 0 aromatic heterocycles. The van der Waals surface area contributed by atoms with Gasteiger partial charge in [-0.15, -0.1) is 0 Å². The van der Waals surface area contributed by atoms with Crippen LogP contribution in [-0.4, -0.2) is 19.1 Å². The fraction of sp³-hybridized carbons (Fsp3) is 0.625. The fourth-order valence-corrected chi connectivity index (χ4v) is 3.92. The quantitative estimate of drug-likeness (QED) is 0.850. The van der Waals surface area contributed by atoms with Crippen LogP contribution in [0.1, 0.15) is 37.7 Å².